The van der Waals surface area contributed by atoms with E-state index in [-0.39, 0.29) is 0 Å². The molecular formula is C6H4Br2ClN. The molecule has 0 aliphatic rings. The fourth-order valence-electron chi connectivity index (χ4n) is 0.591. The molecule has 0 spiro atoms. The molecule has 0 fully saturated rings. The van der Waals surface area contributed by atoms with Gasteiger partial charge in [-0.15, -0.1) is 11.6 Å². The van der Waals surface area contributed by atoms with Crippen molar-refractivity contribution in [3.63, 3.8) is 0 Å². The van der Waals surface area contributed by atoms with Crippen LogP contribution >= 0.6 is 43.5 Å². The molecule has 1 nitrogen and oxygen atoms in total. The van der Waals surface area contributed by atoms with Gasteiger partial charge in [-0.25, -0.2) is 4.98 Å². The van der Waals surface area contributed by atoms with Gasteiger partial charge < -0.3 is 0 Å². The lowest BCUT2D eigenvalue weighted by Crippen LogP contribution is -1.82. The Labute approximate surface area is 81.1 Å². The van der Waals surface area contributed by atoms with Crippen LogP contribution in [-0.4, -0.2) is 4.98 Å². The molecule has 0 aliphatic carbocycles. The summed E-state index contributed by atoms with van der Waals surface area (Å²) in [6.45, 7) is 0. The van der Waals surface area contributed by atoms with Gasteiger partial charge in [0.05, 0.1) is 0 Å². The average Bonchev–Trinajstić information content (AvgIpc) is 1.85. The molecule has 1 heterocycles. The topological polar surface area (TPSA) is 12.9 Å². The van der Waals surface area contributed by atoms with Gasteiger partial charge in [0.2, 0.25) is 0 Å². The van der Waals surface area contributed by atoms with Gasteiger partial charge in [0, 0.05) is 5.88 Å². The van der Waals surface area contributed by atoms with Crippen molar-refractivity contribution in [3.05, 3.63) is 26.9 Å². The molecule has 10 heavy (non-hydrogen) atoms. The highest BCUT2D eigenvalue weighted by Gasteiger charge is 1.95. The predicted molar refractivity (Wildman–Crippen MR) is 49.2 cm³/mol. The summed E-state index contributed by atoms with van der Waals surface area (Å²) in [5, 5.41) is 0. The molecule has 0 N–H and O–H groups in total. The maximum Gasteiger partial charge on any atom is 0.107 e. The van der Waals surface area contributed by atoms with Crippen molar-refractivity contribution in [3.8, 4) is 0 Å². The average molecular weight is 285 g/mol. The Morgan fingerprint density at radius 2 is 1.80 bits per heavy atom. The number of halogens is 3. The molecule has 0 unspecified atom stereocenters. The van der Waals surface area contributed by atoms with Crippen LogP contribution in [0.2, 0.25) is 0 Å². The predicted octanol–water partition coefficient (Wildman–Crippen LogP) is 3.35. The molecule has 0 radical (unpaired) electrons. The molecule has 0 saturated carbocycles. The lowest BCUT2D eigenvalue weighted by atomic mass is 10.3. The molecule has 1 aromatic heterocycles. The zero-order valence-corrected chi connectivity index (χ0v) is 8.87. The van der Waals surface area contributed by atoms with Gasteiger partial charge in [0.15, 0.2) is 0 Å². The van der Waals surface area contributed by atoms with Gasteiger partial charge in [-0.3, -0.25) is 0 Å². The Bertz CT molecular complexity index is 219. The Morgan fingerprint density at radius 3 is 2.20 bits per heavy atom. The lowest BCUT2D eigenvalue weighted by molar-refractivity contribution is 1.19. The van der Waals surface area contributed by atoms with Crippen molar-refractivity contribution in [1.82, 2.24) is 4.98 Å². The monoisotopic (exact) mass is 283 g/mol. The SMILES string of the molecule is ClCc1cc(Br)nc(Br)c1. The first kappa shape index (κ1) is 8.50. The standard InChI is InChI=1S/C6H4Br2ClN/c7-5-1-4(3-9)2-6(8)10-5/h1-2H,3H2. The third-order valence-corrected chi connectivity index (χ3v) is 2.10. The van der Waals surface area contributed by atoms with Gasteiger partial charge in [0.25, 0.3) is 0 Å². The molecule has 54 valence electrons. The van der Waals surface area contributed by atoms with Crippen LogP contribution in [0.25, 0.3) is 0 Å². The summed E-state index contributed by atoms with van der Waals surface area (Å²) < 4.78 is 1.61. The highest BCUT2D eigenvalue weighted by Crippen LogP contribution is 2.16. The molecule has 0 aliphatic heterocycles. The third-order valence-electron chi connectivity index (χ3n) is 0.977. The van der Waals surface area contributed by atoms with Crippen molar-refractivity contribution < 1.29 is 0 Å². The molecule has 4 heteroatoms. The van der Waals surface area contributed by atoms with Crippen molar-refractivity contribution in [2.24, 2.45) is 0 Å². The van der Waals surface area contributed by atoms with Crippen LogP contribution in [0.4, 0.5) is 0 Å². The normalized spacial score (nSPS) is 9.90. The second-order valence-electron chi connectivity index (χ2n) is 1.75. The quantitative estimate of drug-likeness (QED) is 0.569. The van der Waals surface area contributed by atoms with Crippen LogP contribution in [0.5, 0.6) is 0 Å². The van der Waals surface area contributed by atoms with Gasteiger partial charge in [-0.2, -0.15) is 0 Å². The van der Waals surface area contributed by atoms with Crippen LogP contribution in [0.15, 0.2) is 21.3 Å². The van der Waals surface area contributed by atoms with Crippen LogP contribution in [0, 0.1) is 0 Å². The number of alkyl halides is 1. The maximum atomic E-state index is 5.60. The molecule has 1 rings (SSSR count). The Hall–Kier alpha value is 0.400. The number of rotatable bonds is 1. The fraction of sp³-hybridized carbons (Fsp3) is 0.167. The van der Waals surface area contributed by atoms with Crippen molar-refractivity contribution in [2.45, 2.75) is 5.88 Å². The van der Waals surface area contributed by atoms with E-state index in [9.17, 15) is 0 Å². The summed E-state index contributed by atoms with van der Waals surface area (Å²) in [6, 6.07) is 3.77. The lowest BCUT2D eigenvalue weighted by Gasteiger charge is -1.96. The highest BCUT2D eigenvalue weighted by atomic mass is 79.9. The summed E-state index contributed by atoms with van der Waals surface area (Å²) in [7, 11) is 0. The summed E-state index contributed by atoms with van der Waals surface area (Å²) in [4.78, 5) is 4.06. The van der Waals surface area contributed by atoms with Gasteiger partial charge in [-0.1, -0.05) is 0 Å². The van der Waals surface area contributed by atoms with E-state index < -0.39 is 0 Å². The number of hydrogen-bond acceptors (Lipinski definition) is 1. The second kappa shape index (κ2) is 3.69. The van der Waals surface area contributed by atoms with E-state index >= 15 is 0 Å². The van der Waals surface area contributed by atoms with E-state index in [1.807, 2.05) is 12.1 Å². The minimum Gasteiger partial charge on any atom is -0.234 e. The third kappa shape index (κ3) is 2.22. The minimum absolute atomic E-state index is 0.514. The largest absolute Gasteiger partial charge is 0.234 e. The summed E-state index contributed by atoms with van der Waals surface area (Å²) in [6.07, 6.45) is 0. The number of aromatic nitrogens is 1. The van der Waals surface area contributed by atoms with Crippen LogP contribution in [-0.2, 0) is 5.88 Å². The van der Waals surface area contributed by atoms with Crippen LogP contribution in [0.1, 0.15) is 5.56 Å². The van der Waals surface area contributed by atoms with E-state index in [4.69, 9.17) is 11.6 Å². The van der Waals surface area contributed by atoms with E-state index in [0.29, 0.717) is 5.88 Å². The zero-order chi connectivity index (χ0) is 7.56. The summed E-state index contributed by atoms with van der Waals surface area (Å²) in [5.74, 6) is 0.514. The fourth-order valence-corrected chi connectivity index (χ4v) is 1.95. The van der Waals surface area contributed by atoms with Gasteiger partial charge in [-0.05, 0) is 49.6 Å². The smallest absolute Gasteiger partial charge is 0.107 e. The Kier molecular flexibility index (Phi) is 3.14. The molecule has 0 aromatic carbocycles. The molecule has 1 aromatic rings. The summed E-state index contributed by atoms with van der Waals surface area (Å²) in [5.41, 5.74) is 1.05. The number of pyridine rings is 1. The van der Waals surface area contributed by atoms with Crippen molar-refractivity contribution >= 4 is 43.5 Å². The zero-order valence-electron chi connectivity index (χ0n) is 4.94. The second-order valence-corrected chi connectivity index (χ2v) is 3.65. The van der Waals surface area contributed by atoms with Crippen molar-refractivity contribution in [1.29, 1.82) is 0 Å². The molecule has 0 bridgehead atoms. The highest BCUT2D eigenvalue weighted by molar-refractivity contribution is 9.11. The van der Waals surface area contributed by atoms with E-state index in [2.05, 4.69) is 36.8 Å². The summed E-state index contributed by atoms with van der Waals surface area (Å²) >= 11 is 12.1. The van der Waals surface area contributed by atoms with Crippen LogP contribution in [0.3, 0.4) is 0 Å². The van der Waals surface area contributed by atoms with Crippen molar-refractivity contribution in [2.75, 3.05) is 0 Å². The maximum absolute atomic E-state index is 5.60. The Balaban J connectivity index is 3.06. The molecule has 0 saturated heterocycles. The number of nitrogens with zero attached hydrogens (tertiary/aromatic N) is 1. The van der Waals surface area contributed by atoms with E-state index in [0.717, 1.165) is 14.8 Å². The Morgan fingerprint density at radius 1 is 1.30 bits per heavy atom. The number of hydrogen-bond donors (Lipinski definition) is 0. The van der Waals surface area contributed by atoms with E-state index in [1.54, 1.807) is 0 Å². The molecule has 0 amide bonds. The molecule has 0 atom stereocenters. The minimum atomic E-state index is 0.514. The first-order valence-electron chi connectivity index (χ1n) is 2.60. The van der Waals surface area contributed by atoms with E-state index in [1.165, 1.54) is 0 Å². The first-order chi connectivity index (χ1) is 4.72. The van der Waals surface area contributed by atoms with Gasteiger partial charge in [0.1, 0.15) is 9.21 Å². The van der Waals surface area contributed by atoms with Crippen LogP contribution < -0.4 is 0 Å². The molecular weight excluding hydrogens is 281 g/mol. The van der Waals surface area contributed by atoms with Gasteiger partial charge >= 0.3 is 0 Å². The first-order valence-corrected chi connectivity index (χ1v) is 4.72.